The Hall–Kier alpha value is -3.47. The third kappa shape index (κ3) is 6.51. The van der Waals surface area contributed by atoms with Gasteiger partial charge >= 0.3 is 5.97 Å². The minimum Gasteiger partial charge on any atom is -0.496 e. The molecule has 0 heterocycles. The average Bonchev–Trinajstić information content (AvgIpc) is 2.82. The number of methoxy groups -OCH3 is 1. The number of carboxylic acid groups (broad SMARTS) is 1. The molecule has 168 valence electrons. The van der Waals surface area contributed by atoms with Crippen molar-refractivity contribution in [3.8, 4) is 28.4 Å². The summed E-state index contributed by atoms with van der Waals surface area (Å²) in [4.78, 5) is 10.8. The first-order valence-corrected chi connectivity index (χ1v) is 10.9. The molecular weight excluding hydrogens is 404 g/mol. The van der Waals surface area contributed by atoms with Crippen LogP contribution in [0, 0.1) is 0 Å². The van der Waals surface area contributed by atoms with Crippen LogP contribution in [0.5, 0.6) is 17.2 Å². The third-order valence-electron chi connectivity index (χ3n) is 5.13. The average molecular weight is 435 g/mol. The number of aliphatic carboxylic acids is 1. The molecule has 3 rings (SSSR count). The third-order valence-corrected chi connectivity index (χ3v) is 5.13. The predicted octanol–water partition coefficient (Wildman–Crippen LogP) is 6.14. The maximum absolute atomic E-state index is 10.8. The van der Waals surface area contributed by atoms with Gasteiger partial charge in [0.2, 0.25) is 0 Å². The normalized spacial score (nSPS) is 10.6. The molecule has 5 heteroatoms. The molecule has 0 aliphatic rings. The van der Waals surface area contributed by atoms with E-state index in [2.05, 4.69) is 6.92 Å². The van der Waals surface area contributed by atoms with Crippen LogP contribution in [0.25, 0.3) is 11.1 Å². The van der Waals surface area contributed by atoms with Gasteiger partial charge in [0, 0.05) is 17.5 Å². The number of para-hydroxylation sites is 1. The van der Waals surface area contributed by atoms with Crippen molar-refractivity contribution in [2.24, 2.45) is 0 Å². The van der Waals surface area contributed by atoms with Gasteiger partial charge in [-0.05, 0) is 48.2 Å². The van der Waals surface area contributed by atoms with Crippen LogP contribution in [0.15, 0.2) is 66.7 Å². The van der Waals surface area contributed by atoms with E-state index < -0.39 is 5.97 Å². The second-order valence-corrected chi connectivity index (χ2v) is 7.56. The Morgan fingerprint density at radius 2 is 1.69 bits per heavy atom. The molecule has 0 atom stereocenters. The fraction of sp³-hybridized carbons (Fsp3) is 0.296. The summed E-state index contributed by atoms with van der Waals surface area (Å²) in [5.41, 5.74) is 3.91. The van der Waals surface area contributed by atoms with E-state index in [0.29, 0.717) is 19.6 Å². The highest BCUT2D eigenvalue weighted by Crippen LogP contribution is 2.37. The minimum absolute atomic E-state index is 0.103. The number of carboxylic acids is 1. The van der Waals surface area contributed by atoms with Gasteiger partial charge in [0.15, 0.2) is 0 Å². The molecular formula is C27H30O5. The number of carbonyl (C=O) groups is 1. The predicted molar refractivity (Wildman–Crippen MR) is 126 cm³/mol. The zero-order valence-electron chi connectivity index (χ0n) is 18.7. The molecule has 0 radical (unpaired) electrons. The quantitative estimate of drug-likeness (QED) is 0.347. The Morgan fingerprint density at radius 1 is 0.875 bits per heavy atom. The highest BCUT2D eigenvalue weighted by atomic mass is 16.5. The lowest BCUT2D eigenvalue weighted by atomic mass is 10.0. The van der Waals surface area contributed by atoms with Gasteiger partial charge in [-0.2, -0.15) is 0 Å². The Bertz CT molecular complexity index is 1030. The molecule has 1 N–H and O–H groups in total. The summed E-state index contributed by atoms with van der Waals surface area (Å²) in [6.07, 6.45) is 2.63. The van der Waals surface area contributed by atoms with E-state index in [4.69, 9.17) is 19.3 Å². The molecule has 0 bridgehead atoms. The Balaban J connectivity index is 1.78. The van der Waals surface area contributed by atoms with Gasteiger partial charge in [0.1, 0.15) is 23.9 Å². The summed E-state index contributed by atoms with van der Waals surface area (Å²) in [5, 5.41) is 8.89. The zero-order valence-corrected chi connectivity index (χ0v) is 18.7. The Labute approximate surface area is 189 Å². The van der Waals surface area contributed by atoms with Crippen LogP contribution in [0.4, 0.5) is 0 Å². The van der Waals surface area contributed by atoms with Crippen molar-refractivity contribution in [2.75, 3.05) is 13.7 Å². The molecule has 0 fully saturated rings. The monoisotopic (exact) mass is 434 g/mol. The number of rotatable bonds is 12. The summed E-state index contributed by atoms with van der Waals surface area (Å²) < 4.78 is 17.7. The second-order valence-electron chi connectivity index (χ2n) is 7.56. The molecule has 0 amide bonds. The van der Waals surface area contributed by atoms with Crippen LogP contribution in [-0.4, -0.2) is 24.8 Å². The van der Waals surface area contributed by atoms with Crippen LogP contribution in [0.1, 0.15) is 37.3 Å². The van der Waals surface area contributed by atoms with Crippen LogP contribution < -0.4 is 14.2 Å². The lowest BCUT2D eigenvalue weighted by Crippen LogP contribution is -2.02. The summed E-state index contributed by atoms with van der Waals surface area (Å²) in [5.74, 6) is 1.52. The van der Waals surface area contributed by atoms with E-state index in [9.17, 15) is 4.79 Å². The minimum atomic E-state index is -0.804. The highest BCUT2D eigenvalue weighted by Gasteiger charge is 2.13. The van der Waals surface area contributed by atoms with E-state index in [1.54, 1.807) is 7.11 Å². The number of aryl methyl sites for hydroxylation is 1. The largest absolute Gasteiger partial charge is 0.496 e. The van der Waals surface area contributed by atoms with E-state index in [0.717, 1.165) is 52.3 Å². The molecule has 0 spiro atoms. The molecule has 3 aromatic carbocycles. The fourth-order valence-corrected chi connectivity index (χ4v) is 3.40. The topological polar surface area (TPSA) is 65.0 Å². The second kappa shape index (κ2) is 11.8. The molecule has 0 aromatic heterocycles. The van der Waals surface area contributed by atoms with Crippen molar-refractivity contribution in [1.82, 2.24) is 0 Å². The lowest BCUT2D eigenvalue weighted by molar-refractivity contribution is -0.136. The van der Waals surface area contributed by atoms with Crippen molar-refractivity contribution in [3.63, 3.8) is 0 Å². The van der Waals surface area contributed by atoms with Crippen LogP contribution >= 0.6 is 0 Å². The fourth-order valence-electron chi connectivity index (χ4n) is 3.40. The Kier molecular flexibility index (Phi) is 8.55. The molecule has 0 unspecified atom stereocenters. The smallest absolute Gasteiger partial charge is 0.303 e. The molecule has 3 aromatic rings. The van der Waals surface area contributed by atoms with Gasteiger partial charge in [0.05, 0.1) is 13.7 Å². The number of ether oxygens (including phenoxy) is 3. The maximum Gasteiger partial charge on any atom is 0.303 e. The van der Waals surface area contributed by atoms with Crippen LogP contribution in [0.3, 0.4) is 0 Å². The highest BCUT2D eigenvalue weighted by molar-refractivity contribution is 5.76. The maximum atomic E-state index is 10.8. The molecule has 0 saturated heterocycles. The first-order valence-electron chi connectivity index (χ1n) is 10.9. The first-order chi connectivity index (χ1) is 15.6. The number of hydrogen-bond donors (Lipinski definition) is 1. The SMILES string of the molecule is CCCCOc1cc(COc2cccc(CCC(=O)O)c2)ccc1-c1ccccc1OC. The molecule has 0 aliphatic heterocycles. The van der Waals surface area contributed by atoms with Crippen LogP contribution in [0.2, 0.25) is 0 Å². The number of hydrogen-bond acceptors (Lipinski definition) is 4. The van der Waals surface area contributed by atoms with E-state index in [1.807, 2.05) is 66.7 Å². The van der Waals surface area contributed by atoms with Gasteiger partial charge in [-0.1, -0.05) is 55.8 Å². The number of benzene rings is 3. The Morgan fingerprint density at radius 3 is 2.47 bits per heavy atom. The van der Waals surface area contributed by atoms with Crippen molar-refractivity contribution >= 4 is 5.97 Å². The van der Waals surface area contributed by atoms with Gasteiger partial charge in [-0.3, -0.25) is 4.79 Å². The zero-order chi connectivity index (χ0) is 22.8. The summed E-state index contributed by atoms with van der Waals surface area (Å²) >= 11 is 0. The summed E-state index contributed by atoms with van der Waals surface area (Å²) in [7, 11) is 1.67. The van der Waals surface area contributed by atoms with Crippen molar-refractivity contribution in [3.05, 3.63) is 77.9 Å². The first kappa shape index (κ1) is 23.2. The van der Waals surface area contributed by atoms with E-state index in [1.165, 1.54) is 0 Å². The summed E-state index contributed by atoms with van der Waals surface area (Å²) in [6, 6.07) is 21.6. The molecule has 0 saturated carbocycles. The van der Waals surface area contributed by atoms with Gasteiger partial charge in [-0.25, -0.2) is 0 Å². The molecule has 0 aliphatic carbocycles. The molecule has 32 heavy (non-hydrogen) atoms. The van der Waals surface area contributed by atoms with Crippen molar-refractivity contribution in [1.29, 1.82) is 0 Å². The van der Waals surface area contributed by atoms with Gasteiger partial charge in [-0.15, -0.1) is 0 Å². The number of unbranched alkanes of at least 4 members (excludes halogenated alkanes) is 1. The standard InChI is InChI=1S/C27H30O5/c1-3-4-16-31-26-18-21(12-14-24(26)23-10-5-6-11-25(23)30-2)19-32-22-9-7-8-20(17-22)13-15-27(28)29/h5-12,14,17-18H,3-4,13,15-16,19H2,1-2H3,(H,28,29). The molecule has 5 nitrogen and oxygen atoms in total. The van der Waals surface area contributed by atoms with Gasteiger partial charge < -0.3 is 19.3 Å². The summed E-state index contributed by atoms with van der Waals surface area (Å²) in [6.45, 7) is 3.17. The van der Waals surface area contributed by atoms with E-state index >= 15 is 0 Å². The van der Waals surface area contributed by atoms with Gasteiger partial charge in [0.25, 0.3) is 0 Å². The van der Waals surface area contributed by atoms with Crippen molar-refractivity contribution < 1.29 is 24.1 Å². The van der Waals surface area contributed by atoms with Crippen molar-refractivity contribution in [2.45, 2.75) is 39.2 Å². The van der Waals surface area contributed by atoms with Crippen LogP contribution in [-0.2, 0) is 17.8 Å². The van der Waals surface area contributed by atoms with E-state index in [-0.39, 0.29) is 6.42 Å². The lowest BCUT2D eigenvalue weighted by Gasteiger charge is -2.16.